The molecule has 5 nitrogen and oxygen atoms in total. The summed E-state index contributed by atoms with van der Waals surface area (Å²) in [6.45, 7) is 9.11. The van der Waals surface area contributed by atoms with Crippen LogP contribution < -0.4 is 0 Å². The van der Waals surface area contributed by atoms with Crippen molar-refractivity contribution in [2.75, 3.05) is 38.6 Å². The van der Waals surface area contributed by atoms with Crippen LogP contribution >= 0.6 is 11.6 Å². The molecular formula is C14H23ClN4O. The van der Waals surface area contributed by atoms with Crippen LogP contribution in [0.4, 0.5) is 0 Å². The summed E-state index contributed by atoms with van der Waals surface area (Å²) in [5, 5.41) is 4.20. The summed E-state index contributed by atoms with van der Waals surface area (Å²) < 4.78 is 1.94. The molecule has 0 spiro atoms. The first-order valence-electron chi connectivity index (χ1n) is 7.08. The topological polar surface area (TPSA) is 41.4 Å². The third kappa shape index (κ3) is 3.73. The van der Waals surface area contributed by atoms with Crippen LogP contribution in [0, 0.1) is 5.41 Å². The molecule has 6 heteroatoms. The first-order chi connectivity index (χ1) is 9.53. The minimum absolute atomic E-state index is 0.166. The van der Waals surface area contributed by atoms with Crippen molar-refractivity contribution in [3.63, 3.8) is 0 Å². The smallest absolute Gasteiger partial charge is 0.229 e. The molecule has 0 aromatic carbocycles. The van der Waals surface area contributed by atoms with Crippen molar-refractivity contribution < 1.29 is 4.79 Å². The summed E-state index contributed by atoms with van der Waals surface area (Å²) in [6.07, 6.45) is 3.77. The van der Waals surface area contributed by atoms with E-state index in [0.29, 0.717) is 5.88 Å². The van der Waals surface area contributed by atoms with Gasteiger partial charge >= 0.3 is 0 Å². The number of carbonyl (C=O) groups excluding carboxylic acids is 1. The summed E-state index contributed by atoms with van der Waals surface area (Å²) in [7, 11) is 0. The molecule has 1 saturated heterocycles. The molecule has 1 amide bonds. The Labute approximate surface area is 125 Å². The number of alkyl halides is 1. The summed E-state index contributed by atoms with van der Waals surface area (Å²) >= 11 is 5.88. The average Bonchev–Trinajstić information content (AvgIpc) is 2.98. The molecule has 0 saturated carbocycles. The second-order valence-corrected chi connectivity index (χ2v) is 6.19. The average molecular weight is 299 g/mol. The second-order valence-electron chi connectivity index (χ2n) is 5.92. The molecule has 0 bridgehead atoms. The zero-order chi connectivity index (χ0) is 14.6. The molecule has 0 unspecified atom stereocenters. The maximum absolute atomic E-state index is 12.3. The van der Waals surface area contributed by atoms with E-state index < -0.39 is 5.41 Å². The molecule has 2 rings (SSSR count). The Bertz CT molecular complexity index is 424. The first kappa shape index (κ1) is 15.3. The molecule has 20 heavy (non-hydrogen) atoms. The zero-order valence-electron chi connectivity index (χ0n) is 12.3. The zero-order valence-corrected chi connectivity index (χ0v) is 13.0. The fraction of sp³-hybridized carbons (Fsp3) is 0.714. The predicted octanol–water partition coefficient (Wildman–Crippen LogP) is 1.29. The SMILES string of the molecule is CC(C)(CCl)C(=O)N1CCN(CCn2cccn2)CC1. The van der Waals surface area contributed by atoms with Crippen molar-refractivity contribution in [2.45, 2.75) is 20.4 Å². The number of nitrogens with zero attached hydrogens (tertiary/aromatic N) is 4. The van der Waals surface area contributed by atoms with Crippen LogP contribution in [0.5, 0.6) is 0 Å². The van der Waals surface area contributed by atoms with Gasteiger partial charge in [0.05, 0.1) is 12.0 Å². The van der Waals surface area contributed by atoms with Crippen molar-refractivity contribution in [3.05, 3.63) is 18.5 Å². The highest BCUT2D eigenvalue weighted by Gasteiger charge is 2.32. The van der Waals surface area contributed by atoms with E-state index in [1.165, 1.54) is 0 Å². The lowest BCUT2D eigenvalue weighted by Gasteiger charge is -2.38. The largest absolute Gasteiger partial charge is 0.340 e. The molecule has 2 heterocycles. The number of rotatable bonds is 5. The normalized spacial score (nSPS) is 17.4. The van der Waals surface area contributed by atoms with Gasteiger partial charge in [0, 0.05) is 51.0 Å². The predicted molar refractivity (Wildman–Crippen MR) is 79.7 cm³/mol. The van der Waals surface area contributed by atoms with Gasteiger partial charge in [-0.1, -0.05) is 0 Å². The van der Waals surface area contributed by atoms with Crippen LogP contribution in [0.25, 0.3) is 0 Å². The number of hydrogen-bond donors (Lipinski definition) is 0. The fourth-order valence-corrected chi connectivity index (χ4v) is 2.45. The highest BCUT2D eigenvalue weighted by Crippen LogP contribution is 2.21. The van der Waals surface area contributed by atoms with Crippen molar-refractivity contribution in [2.24, 2.45) is 5.41 Å². The van der Waals surface area contributed by atoms with Gasteiger partial charge in [0.2, 0.25) is 5.91 Å². The standard InChI is InChI=1S/C14H23ClN4O/c1-14(2,12-15)13(20)18-9-6-17(7-10-18)8-11-19-5-3-4-16-19/h3-5H,6-12H2,1-2H3. The van der Waals surface area contributed by atoms with Crippen molar-refractivity contribution in [1.82, 2.24) is 19.6 Å². The number of halogens is 1. The molecule has 1 aromatic heterocycles. The second kappa shape index (κ2) is 6.59. The number of piperazine rings is 1. The monoisotopic (exact) mass is 298 g/mol. The van der Waals surface area contributed by atoms with Gasteiger partial charge in [-0.15, -0.1) is 11.6 Å². The quantitative estimate of drug-likeness (QED) is 0.769. The Morgan fingerprint density at radius 2 is 1.95 bits per heavy atom. The van der Waals surface area contributed by atoms with Crippen LogP contribution in [0.15, 0.2) is 18.5 Å². The van der Waals surface area contributed by atoms with E-state index in [-0.39, 0.29) is 5.91 Å². The fourth-order valence-electron chi connectivity index (χ4n) is 2.34. The van der Waals surface area contributed by atoms with Crippen molar-refractivity contribution in [3.8, 4) is 0 Å². The number of carbonyl (C=O) groups is 1. The van der Waals surface area contributed by atoms with Crippen LogP contribution in [0.2, 0.25) is 0 Å². The number of aromatic nitrogens is 2. The van der Waals surface area contributed by atoms with Crippen LogP contribution in [-0.2, 0) is 11.3 Å². The van der Waals surface area contributed by atoms with E-state index in [4.69, 9.17) is 11.6 Å². The first-order valence-corrected chi connectivity index (χ1v) is 7.61. The number of amides is 1. The lowest BCUT2D eigenvalue weighted by Crippen LogP contribution is -2.52. The maximum atomic E-state index is 12.3. The Morgan fingerprint density at radius 3 is 2.50 bits per heavy atom. The highest BCUT2D eigenvalue weighted by atomic mass is 35.5. The Kier molecular flexibility index (Phi) is 5.05. The van der Waals surface area contributed by atoms with E-state index >= 15 is 0 Å². The lowest BCUT2D eigenvalue weighted by molar-refractivity contribution is -0.141. The van der Waals surface area contributed by atoms with Crippen molar-refractivity contribution >= 4 is 17.5 Å². The molecule has 0 aliphatic carbocycles. The van der Waals surface area contributed by atoms with Gasteiger partial charge < -0.3 is 4.90 Å². The molecule has 1 aliphatic heterocycles. The minimum Gasteiger partial charge on any atom is -0.340 e. The van der Waals surface area contributed by atoms with E-state index in [2.05, 4.69) is 10.00 Å². The molecule has 112 valence electrons. The summed E-state index contributed by atoms with van der Waals surface area (Å²) in [5.74, 6) is 0.532. The van der Waals surface area contributed by atoms with Crippen LogP contribution in [0.1, 0.15) is 13.8 Å². The lowest BCUT2D eigenvalue weighted by atomic mass is 9.94. The third-order valence-corrected chi connectivity index (χ3v) is 4.45. The minimum atomic E-state index is -0.460. The summed E-state index contributed by atoms with van der Waals surface area (Å²) in [6, 6.07) is 1.94. The van der Waals surface area contributed by atoms with Gasteiger partial charge in [-0.3, -0.25) is 14.4 Å². The molecule has 0 radical (unpaired) electrons. The molecule has 0 N–H and O–H groups in total. The van der Waals surface area contributed by atoms with Crippen molar-refractivity contribution in [1.29, 1.82) is 0 Å². The van der Waals surface area contributed by atoms with Crippen LogP contribution in [0.3, 0.4) is 0 Å². The molecule has 1 fully saturated rings. The van der Waals surface area contributed by atoms with Crippen LogP contribution in [-0.4, -0.2) is 64.1 Å². The van der Waals surface area contributed by atoms with Gasteiger partial charge in [-0.25, -0.2) is 0 Å². The maximum Gasteiger partial charge on any atom is 0.229 e. The third-order valence-electron chi connectivity index (χ3n) is 3.78. The molecule has 0 atom stereocenters. The van der Waals surface area contributed by atoms with E-state index in [0.717, 1.165) is 39.3 Å². The highest BCUT2D eigenvalue weighted by molar-refractivity contribution is 6.19. The molecule has 1 aliphatic rings. The number of hydrogen-bond acceptors (Lipinski definition) is 3. The Hall–Kier alpha value is -1.07. The van der Waals surface area contributed by atoms with Gasteiger partial charge in [-0.2, -0.15) is 5.10 Å². The van der Waals surface area contributed by atoms with E-state index in [1.807, 2.05) is 35.7 Å². The molecular weight excluding hydrogens is 276 g/mol. The van der Waals surface area contributed by atoms with E-state index in [9.17, 15) is 4.79 Å². The molecule has 1 aromatic rings. The van der Waals surface area contributed by atoms with Gasteiger partial charge in [-0.05, 0) is 19.9 Å². The van der Waals surface area contributed by atoms with Gasteiger partial charge in [0.1, 0.15) is 0 Å². The summed E-state index contributed by atoms with van der Waals surface area (Å²) in [4.78, 5) is 16.6. The summed E-state index contributed by atoms with van der Waals surface area (Å²) in [5.41, 5.74) is -0.460. The van der Waals surface area contributed by atoms with Gasteiger partial charge in [0.15, 0.2) is 0 Å². The Balaban J connectivity index is 1.76. The van der Waals surface area contributed by atoms with E-state index in [1.54, 1.807) is 6.20 Å². The van der Waals surface area contributed by atoms with Gasteiger partial charge in [0.25, 0.3) is 0 Å². The Morgan fingerprint density at radius 1 is 1.25 bits per heavy atom.